The Hall–Kier alpha value is -3.60. The standard InChI is InChI=1S/C66H113O11P/c1-4-7-10-13-16-19-22-25-28-30-31-33-36-39-42-45-48-51-54-57-66(70)77-63(59-73-64(68)55-52-49-46-43-40-37-35-32-29-26-23-20-17-14-11-8-5-2)61-75-78(71,72)74-60-62(58-67)76-65(69)56-53-50-47-44-41-38-34-27-24-21-18-15-12-9-6-3/h8,11,17-18,20-21,25-29,34-35,37,43,46,62-63,67H,4-7,9-10,12-16,19,22-24,30-33,36,38-42,44-45,47-61H2,1-3H3,(H,71,72)/b11-8-,20-17-,21-18-,28-25-,29-26-,34-27-,37-35-,46-43-. The van der Waals surface area contributed by atoms with E-state index in [4.69, 9.17) is 23.3 Å². The molecule has 0 spiro atoms. The zero-order chi connectivity index (χ0) is 56.9. The first kappa shape index (κ1) is 74.4. The minimum absolute atomic E-state index is 0.144. The van der Waals surface area contributed by atoms with Gasteiger partial charge in [0.2, 0.25) is 0 Å². The summed E-state index contributed by atoms with van der Waals surface area (Å²) in [5, 5.41) is 9.83. The summed E-state index contributed by atoms with van der Waals surface area (Å²) >= 11 is 0. The first-order chi connectivity index (χ1) is 38.2. The molecule has 78 heavy (non-hydrogen) atoms. The van der Waals surface area contributed by atoms with Gasteiger partial charge in [-0.05, 0) is 116 Å². The van der Waals surface area contributed by atoms with Gasteiger partial charge in [-0.15, -0.1) is 0 Å². The number of rotatable bonds is 57. The molecule has 0 fully saturated rings. The van der Waals surface area contributed by atoms with E-state index in [-0.39, 0.29) is 25.9 Å². The Kier molecular flexibility index (Phi) is 56.8. The molecule has 0 saturated carbocycles. The van der Waals surface area contributed by atoms with Crippen LogP contribution in [0.1, 0.15) is 265 Å². The second-order valence-electron chi connectivity index (χ2n) is 20.5. The number of hydrogen-bond donors (Lipinski definition) is 2. The molecule has 448 valence electrons. The normalized spacial score (nSPS) is 14.0. The van der Waals surface area contributed by atoms with Gasteiger partial charge < -0.3 is 24.2 Å². The van der Waals surface area contributed by atoms with Crippen LogP contribution in [0.15, 0.2) is 97.2 Å². The van der Waals surface area contributed by atoms with Crippen LogP contribution in [0.4, 0.5) is 0 Å². The van der Waals surface area contributed by atoms with Crippen molar-refractivity contribution in [3.8, 4) is 0 Å². The zero-order valence-corrected chi connectivity index (χ0v) is 50.5. The number of ether oxygens (including phenoxy) is 3. The fraction of sp³-hybridized carbons (Fsp3) is 0.712. The zero-order valence-electron chi connectivity index (χ0n) is 49.6. The van der Waals surface area contributed by atoms with Crippen LogP contribution >= 0.6 is 7.82 Å². The predicted octanol–water partition coefficient (Wildman–Crippen LogP) is 18.8. The van der Waals surface area contributed by atoms with Gasteiger partial charge in [0.05, 0.1) is 19.8 Å². The van der Waals surface area contributed by atoms with Crippen molar-refractivity contribution in [1.82, 2.24) is 0 Å². The maximum absolute atomic E-state index is 12.9. The van der Waals surface area contributed by atoms with Crippen LogP contribution in [0, 0.1) is 0 Å². The molecule has 0 aromatic carbocycles. The molecule has 0 amide bonds. The third-order valence-corrected chi connectivity index (χ3v) is 13.9. The van der Waals surface area contributed by atoms with Gasteiger partial charge >= 0.3 is 25.7 Å². The molecule has 0 rings (SSSR count). The van der Waals surface area contributed by atoms with Crippen molar-refractivity contribution in [2.24, 2.45) is 0 Å². The lowest BCUT2D eigenvalue weighted by atomic mass is 10.1. The van der Waals surface area contributed by atoms with E-state index in [1.54, 1.807) is 0 Å². The fourth-order valence-electron chi connectivity index (χ4n) is 8.24. The van der Waals surface area contributed by atoms with E-state index in [1.807, 2.05) is 6.08 Å². The molecule has 3 atom stereocenters. The van der Waals surface area contributed by atoms with Gasteiger partial charge in [0.1, 0.15) is 12.7 Å². The van der Waals surface area contributed by atoms with Gasteiger partial charge in [-0.25, -0.2) is 4.57 Å². The topological polar surface area (TPSA) is 155 Å². The number of aliphatic hydroxyl groups is 1. The molecule has 0 saturated heterocycles. The summed E-state index contributed by atoms with van der Waals surface area (Å²) in [6, 6.07) is 0. The molecule has 12 heteroatoms. The minimum Gasteiger partial charge on any atom is -0.462 e. The number of hydrogen-bond acceptors (Lipinski definition) is 10. The van der Waals surface area contributed by atoms with Crippen LogP contribution in [-0.4, -0.2) is 66.5 Å². The molecule has 0 aliphatic carbocycles. The Labute approximate surface area is 476 Å². The van der Waals surface area contributed by atoms with Gasteiger partial charge in [0.15, 0.2) is 6.10 Å². The molecule has 0 aliphatic rings. The smallest absolute Gasteiger partial charge is 0.462 e. The molecule has 0 aromatic heterocycles. The molecule has 11 nitrogen and oxygen atoms in total. The van der Waals surface area contributed by atoms with Gasteiger partial charge in [0, 0.05) is 19.3 Å². The Morgan fingerprint density at radius 2 is 0.679 bits per heavy atom. The number of phosphoric acid groups is 1. The van der Waals surface area contributed by atoms with Gasteiger partial charge in [-0.2, -0.15) is 0 Å². The largest absolute Gasteiger partial charge is 0.472 e. The first-order valence-electron chi connectivity index (χ1n) is 31.1. The van der Waals surface area contributed by atoms with Gasteiger partial charge in [-0.1, -0.05) is 227 Å². The first-order valence-corrected chi connectivity index (χ1v) is 32.6. The third kappa shape index (κ3) is 57.1. The lowest BCUT2D eigenvalue weighted by molar-refractivity contribution is -0.161. The van der Waals surface area contributed by atoms with Crippen molar-refractivity contribution >= 4 is 25.7 Å². The minimum atomic E-state index is -4.77. The van der Waals surface area contributed by atoms with Crippen molar-refractivity contribution in [2.45, 2.75) is 277 Å². The van der Waals surface area contributed by atoms with E-state index >= 15 is 0 Å². The molecule has 0 radical (unpaired) electrons. The van der Waals surface area contributed by atoms with Crippen LogP contribution in [-0.2, 0) is 42.2 Å². The Morgan fingerprint density at radius 1 is 0.372 bits per heavy atom. The average Bonchev–Trinajstić information content (AvgIpc) is 3.43. The Bertz CT molecular complexity index is 1680. The number of carbonyl (C=O) groups excluding carboxylic acids is 3. The Balaban J connectivity index is 4.80. The number of phosphoric ester groups is 1. The van der Waals surface area contributed by atoms with Crippen LogP contribution < -0.4 is 0 Å². The van der Waals surface area contributed by atoms with Crippen LogP contribution in [0.3, 0.4) is 0 Å². The van der Waals surface area contributed by atoms with E-state index in [2.05, 4.69) is 112 Å². The van der Waals surface area contributed by atoms with E-state index in [0.717, 1.165) is 96.3 Å². The summed E-state index contributed by atoms with van der Waals surface area (Å²) in [7, 11) is -4.77. The summed E-state index contributed by atoms with van der Waals surface area (Å²) in [6.45, 7) is 4.44. The monoisotopic (exact) mass is 1110 g/mol. The highest BCUT2D eigenvalue weighted by Crippen LogP contribution is 2.43. The number of esters is 3. The van der Waals surface area contributed by atoms with Crippen LogP contribution in [0.2, 0.25) is 0 Å². The number of unbranched alkanes of at least 4 members (excludes halogenated alkanes) is 24. The molecule has 0 heterocycles. The lowest BCUT2D eigenvalue weighted by Gasteiger charge is -2.21. The highest BCUT2D eigenvalue weighted by atomic mass is 31.2. The van der Waals surface area contributed by atoms with Crippen molar-refractivity contribution in [3.05, 3.63) is 97.2 Å². The van der Waals surface area contributed by atoms with E-state index in [0.29, 0.717) is 25.7 Å². The van der Waals surface area contributed by atoms with Gasteiger partial charge in [0.25, 0.3) is 0 Å². The molecule has 0 aliphatic heterocycles. The van der Waals surface area contributed by atoms with Crippen molar-refractivity contribution in [2.75, 3.05) is 26.4 Å². The average molecular weight is 1110 g/mol. The molecular weight excluding hydrogens is 1000 g/mol. The third-order valence-electron chi connectivity index (χ3n) is 13.0. The van der Waals surface area contributed by atoms with Crippen LogP contribution in [0.5, 0.6) is 0 Å². The predicted molar refractivity (Wildman–Crippen MR) is 325 cm³/mol. The molecule has 3 unspecified atom stereocenters. The number of aliphatic hydroxyl groups excluding tert-OH is 1. The van der Waals surface area contributed by atoms with E-state index in [1.165, 1.54) is 103 Å². The molecular formula is C66H113O11P. The molecule has 2 N–H and O–H groups in total. The maximum Gasteiger partial charge on any atom is 0.472 e. The second kappa shape index (κ2) is 59.5. The number of carbonyl (C=O) groups is 3. The van der Waals surface area contributed by atoms with Crippen molar-refractivity contribution < 1.29 is 52.2 Å². The van der Waals surface area contributed by atoms with Crippen LogP contribution in [0.25, 0.3) is 0 Å². The SMILES string of the molecule is CC/C=C\C/C=C\C/C=C\C/C=C\C/C=C\CCCC(=O)OCC(COP(=O)(O)OCC(CO)OC(=O)CCCCCCC/C=C\C/C=C\CCCCC)OC(=O)CCCCCCCCCCC/C=C\CCCCCCCC. The highest BCUT2D eigenvalue weighted by Gasteiger charge is 2.28. The highest BCUT2D eigenvalue weighted by molar-refractivity contribution is 7.47. The summed E-state index contributed by atoms with van der Waals surface area (Å²) in [6.07, 6.45) is 70.8. The van der Waals surface area contributed by atoms with Crippen molar-refractivity contribution in [1.29, 1.82) is 0 Å². The van der Waals surface area contributed by atoms with E-state index < -0.39 is 57.8 Å². The molecule has 0 bridgehead atoms. The fourth-order valence-corrected chi connectivity index (χ4v) is 9.02. The quantitative estimate of drug-likeness (QED) is 0.0197. The summed E-state index contributed by atoms with van der Waals surface area (Å²) in [5.74, 6) is -1.55. The summed E-state index contributed by atoms with van der Waals surface area (Å²) in [5.41, 5.74) is 0. The second-order valence-corrected chi connectivity index (χ2v) is 21.9. The molecule has 0 aromatic rings. The van der Waals surface area contributed by atoms with Gasteiger partial charge in [-0.3, -0.25) is 23.4 Å². The van der Waals surface area contributed by atoms with Crippen molar-refractivity contribution in [3.63, 3.8) is 0 Å². The maximum atomic E-state index is 12.9. The van der Waals surface area contributed by atoms with E-state index in [9.17, 15) is 28.9 Å². The Morgan fingerprint density at radius 3 is 1.10 bits per heavy atom. The summed E-state index contributed by atoms with van der Waals surface area (Å²) < 4.78 is 39.6. The number of allylic oxidation sites excluding steroid dienone is 16. The lowest BCUT2D eigenvalue weighted by Crippen LogP contribution is -2.30. The summed E-state index contributed by atoms with van der Waals surface area (Å²) in [4.78, 5) is 48.7.